The van der Waals surface area contributed by atoms with Crippen molar-refractivity contribution in [3.63, 3.8) is 0 Å². The van der Waals surface area contributed by atoms with Gasteiger partial charge in [-0.1, -0.05) is 13.8 Å². The molecule has 2 aliphatic rings. The van der Waals surface area contributed by atoms with Crippen LogP contribution in [0.3, 0.4) is 0 Å². The van der Waals surface area contributed by atoms with Gasteiger partial charge >= 0.3 is 0 Å². The Morgan fingerprint density at radius 2 is 2.05 bits per heavy atom. The number of aromatic nitrogens is 2. The van der Waals surface area contributed by atoms with Crippen LogP contribution in [0.25, 0.3) is 0 Å². The molecule has 0 bridgehead atoms. The highest BCUT2D eigenvalue weighted by molar-refractivity contribution is 6.11. The second-order valence-corrected chi connectivity index (χ2v) is 6.70. The summed E-state index contributed by atoms with van der Waals surface area (Å²) in [6.45, 7) is 5.77. The minimum Gasteiger partial charge on any atom is -0.340 e. The molecule has 6 nitrogen and oxygen atoms in total. The Morgan fingerprint density at radius 1 is 1.38 bits per heavy atom. The minimum absolute atomic E-state index is 0.0173. The molecule has 2 heterocycles. The van der Waals surface area contributed by atoms with Gasteiger partial charge in [0.1, 0.15) is 11.6 Å². The second-order valence-electron chi connectivity index (χ2n) is 6.70. The average Bonchev–Trinajstić information content (AvgIpc) is 3.17. The summed E-state index contributed by atoms with van der Waals surface area (Å²) in [4.78, 5) is 27.3. The molecule has 2 unspecified atom stereocenters. The Morgan fingerprint density at radius 3 is 2.52 bits per heavy atom. The predicted octanol–water partition coefficient (Wildman–Crippen LogP) is 1.08. The van der Waals surface area contributed by atoms with Crippen LogP contribution in [0.4, 0.5) is 5.69 Å². The zero-order chi connectivity index (χ0) is 15.4. The predicted molar refractivity (Wildman–Crippen MR) is 78.6 cm³/mol. The van der Waals surface area contributed by atoms with E-state index in [1.165, 1.54) is 0 Å². The van der Waals surface area contributed by atoms with Gasteiger partial charge in [0.2, 0.25) is 5.91 Å². The van der Waals surface area contributed by atoms with Crippen LogP contribution in [0, 0.1) is 11.8 Å². The molecule has 1 aromatic rings. The molecule has 0 spiro atoms. The topological polar surface area (TPSA) is 67.2 Å². The van der Waals surface area contributed by atoms with Gasteiger partial charge in [0.05, 0.1) is 11.9 Å². The second kappa shape index (κ2) is 4.58. The van der Waals surface area contributed by atoms with E-state index in [0.29, 0.717) is 5.69 Å². The van der Waals surface area contributed by atoms with Crippen LogP contribution in [-0.2, 0) is 16.6 Å². The van der Waals surface area contributed by atoms with Gasteiger partial charge in [0.15, 0.2) is 0 Å². The lowest BCUT2D eigenvalue weighted by Crippen LogP contribution is -2.71. The number of piperazine rings is 1. The average molecular weight is 290 g/mol. The van der Waals surface area contributed by atoms with Gasteiger partial charge in [-0.05, 0) is 31.6 Å². The molecule has 1 aliphatic carbocycles. The molecule has 114 valence electrons. The Hall–Kier alpha value is -1.85. The first-order chi connectivity index (χ1) is 9.84. The van der Waals surface area contributed by atoms with E-state index in [2.05, 4.69) is 10.4 Å². The summed E-state index contributed by atoms with van der Waals surface area (Å²) in [7, 11) is 1.81. The summed E-state index contributed by atoms with van der Waals surface area (Å²) in [5, 5.41) is 7.13. The van der Waals surface area contributed by atoms with Gasteiger partial charge in [0, 0.05) is 13.2 Å². The van der Waals surface area contributed by atoms with E-state index in [1.54, 1.807) is 22.0 Å². The number of carbonyl (C=O) groups excluding carboxylic acids is 2. The molecule has 1 aromatic heterocycles. The van der Waals surface area contributed by atoms with Crippen LogP contribution in [0.5, 0.6) is 0 Å². The SMILES string of the molecule is CC(C)C1C(=O)NC(C)(C2CC2)C(=O)N1c1cnn(C)c1. The number of aryl methyl sites for hydroxylation is 1. The number of hydrogen-bond donors (Lipinski definition) is 1. The molecule has 2 atom stereocenters. The first kappa shape index (κ1) is 14.1. The summed E-state index contributed by atoms with van der Waals surface area (Å²) in [6, 6.07) is -0.478. The number of amides is 2. The maximum atomic E-state index is 13.1. The van der Waals surface area contributed by atoms with Crippen LogP contribution < -0.4 is 10.2 Å². The van der Waals surface area contributed by atoms with Gasteiger partial charge in [-0.15, -0.1) is 0 Å². The molecule has 0 aromatic carbocycles. The third-order valence-electron chi connectivity index (χ3n) is 4.59. The summed E-state index contributed by atoms with van der Waals surface area (Å²) >= 11 is 0. The third-order valence-corrected chi connectivity index (χ3v) is 4.59. The largest absolute Gasteiger partial charge is 0.340 e. The Bertz CT molecular complexity index is 590. The van der Waals surface area contributed by atoms with Crippen molar-refractivity contribution in [3.05, 3.63) is 12.4 Å². The van der Waals surface area contributed by atoms with E-state index in [0.717, 1.165) is 12.8 Å². The van der Waals surface area contributed by atoms with E-state index < -0.39 is 11.6 Å². The van der Waals surface area contributed by atoms with E-state index >= 15 is 0 Å². The number of nitrogens with one attached hydrogen (secondary N) is 1. The number of hydrogen-bond acceptors (Lipinski definition) is 3. The molecule has 21 heavy (non-hydrogen) atoms. The number of anilines is 1. The first-order valence-corrected chi connectivity index (χ1v) is 7.49. The molecule has 1 saturated heterocycles. The molecular weight excluding hydrogens is 268 g/mol. The van der Waals surface area contributed by atoms with Gasteiger partial charge < -0.3 is 5.32 Å². The normalized spacial score (nSPS) is 30.0. The smallest absolute Gasteiger partial charge is 0.253 e. The third kappa shape index (κ3) is 2.13. The highest BCUT2D eigenvalue weighted by Gasteiger charge is 2.56. The maximum Gasteiger partial charge on any atom is 0.253 e. The zero-order valence-electron chi connectivity index (χ0n) is 13.0. The van der Waals surface area contributed by atoms with E-state index in [9.17, 15) is 9.59 Å². The standard InChI is InChI=1S/C15H22N4O2/c1-9(2)12-13(20)17-15(3,10-5-6-10)14(21)19(12)11-7-16-18(4)8-11/h7-10,12H,5-6H2,1-4H3,(H,17,20). The fourth-order valence-corrected chi connectivity index (χ4v) is 3.23. The molecule has 1 aliphatic heterocycles. The minimum atomic E-state index is -0.779. The van der Waals surface area contributed by atoms with Crippen LogP contribution in [-0.4, -0.2) is 33.2 Å². The maximum absolute atomic E-state index is 13.1. The highest BCUT2D eigenvalue weighted by Crippen LogP contribution is 2.43. The van der Waals surface area contributed by atoms with Crippen molar-refractivity contribution in [1.29, 1.82) is 0 Å². The molecule has 3 rings (SSSR count). The lowest BCUT2D eigenvalue weighted by molar-refractivity contribution is -0.139. The summed E-state index contributed by atoms with van der Waals surface area (Å²) < 4.78 is 1.65. The molecule has 6 heteroatoms. The molecule has 2 amide bonds. The van der Waals surface area contributed by atoms with E-state index in [4.69, 9.17) is 0 Å². The van der Waals surface area contributed by atoms with E-state index in [1.807, 2.05) is 27.8 Å². The number of rotatable bonds is 3. The van der Waals surface area contributed by atoms with Crippen molar-refractivity contribution in [3.8, 4) is 0 Å². The zero-order valence-corrected chi connectivity index (χ0v) is 13.0. The lowest BCUT2D eigenvalue weighted by Gasteiger charge is -2.45. The summed E-state index contributed by atoms with van der Waals surface area (Å²) in [6.07, 6.45) is 5.43. The van der Waals surface area contributed by atoms with Gasteiger partial charge in [-0.25, -0.2) is 0 Å². The first-order valence-electron chi connectivity index (χ1n) is 7.49. The van der Waals surface area contributed by atoms with Crippen molar-refractivity contribution in [2.75, 3.05) is 4.90 Å². The lowest BCUT2D eigenvalue weighted by atomic mass is 9.86. The van der Waals surface area contributed by atoms with Crippen LogP contribution >= 0.6 is 0 Å². The van der Waals surface area contributed by atoms with Crippen molar-refractivity contribution < 1.29 is 9.59 Å². The number of carbonyl (C=O) groups is 2. The monoisotopic (exact) mass is 290 g/mol. The van der Waals surface area contributed by atoms with Crippen LogP contribution in [0.15, 0.2) is 12.4 Å². The Balaban J connectivity index is 2.04. The molecular formula is C15H22N4O2. The van der Waals surface area contributed by atoms with Crippen molar-refractivity contribution in [2.24, 2.45) is 18.9 Å². The van der Waals surface area contributed by atoms with Crippen molar-refractivity contribution >= 4 is 17.5 Å². The fourth-order valence-electron chi connectivity index (χ4n) is 3.23. The Kier molecular flexibility index (Phi) is 3.07. The quantitative estimate of drug-likeness (QED) is 0.905. The fraction of sp³-hybridized carbons (Fsp3) is 0.667. The summed E-state index contributed by atoms with van der Waals surface area (Å²) in [5.41, 5.74) is -0.0823. The summed E-state index contributed by atoms with van der Waals surface area (Å²) in [5.74, 6) is 0.207. The Labute approximate surface area is 124 Å². The van der Waals surface area contributed by atoms with Gasteiger partial charge in [-0.3, -0.25) is 19.2 Å². The van der Waals surface area contributed by atoms with Crippen LogP contribution in [0.2, 0.25) is 0 Å². The van der Waals surface area contributed by atoms with Gasteiger partial charge in [0.25, 0.3) is 5.91 Å². The van der Waals surface area contributed by atoms with Crippen LogP contribution in [0.1, 0.15) is 33.6 Å². The highest BCUT2D eigenvalue weighted by atomic mass is 16.2. The molecule has 0 radical (unpaired) electrons. The molecule has 2 fully saturated rings. The molecule has 1 saturated carbocycles. The van der Waals surface area contributed by atoms with Crippen molar-refractivity contribution in [2.45, 2.75) is 45.2 Å². The van der Waals surface area contributed by atoms with Crippen molar-refractivity contribution in [1.82, 2.24) is 15.1 Å². The van der Waals surface area contributed by atoms with E-state index in [-0.39, 0.29) is 23.7 Å². The number of nitrogens with zero attached hydrogens (tertiary/aromatic N) is 3. The van der Waals surface area contributed by atoms with Gasteiger partial charge in [-0.2, -0.15) is 5.10 Å². The molecule has 1 N–H and O–H groups in total.